The lowest BCUT2D eigenvalue weighted by Gasteiger charge is -2.12. The van der Waals surface area contributed by atoms with E-state index >= 15 is 0 Å². The minimum absolute atomic E-state index is 0.266. The highest BCUT2D eigenvalue weighted by Gasteiger charge is 2.32. The van der Waals surface area contributed by atoms with Crippen LogP contribution in [0.5, 0.6) is 11.5 Å². The first-order valence-electron chi connectivity index (χ1n) is 9.01. The first-order valence-corrected chi connectivity index (χ1v) is 9.01. The molecule has 0 aliphatic rings. The molecule has 186 valence electrons. The highest BCUT2D eigenvalue weighted by Crippen LogP contribution is 2.35. The van der Waals surface area contributed by atoms with Gasteiger partial charge in [-0.25, -0.2) is 9.59 Å². The van der Waals surface area contributed by atoms with Crippen molar-refractivity contribution in [2.24, 2.45) is 0 Å². The summed E-state index contributed by atoms with van der Waals surface area (Å²) in [5.41, 5.74) is -3.76. The summed E-state index contributed by atoms with van der Waals surface area (Å²) < 4.78 is 93.1. The molecule has 0 saturated heterocycles. The number of ether oxygens (including phenoxy) is 2. The second kappa shape index (κ2) is 9.69. The van der Waals surface area contributed by atoms with Crippen LogP contribution in [0.3, 0.4) is 0 Å². The highest BCUT2D eigenvalue weighted by molar-refractivity contribution is 5.92. The Hall–Kier alpha value is -5.02. The van der Waals surface area contributed by atoms with Gasteiger partial charge in [-0.15, -0.1) is 0 Å². The van der Waals surface area contributed by atoms with E-state index in [0.717, 1.165) is 0 Å². The van der Waals surface area contributed by atoms with Crippen LogP contribution in [0.2, 0.25) is 0 Å². The molecule has 3 rings (SSSR count). The van der Waals surface area contributed by atoms with Gasteiger partial charge >= 0.3 is 23.3 Å². The molecule has 0 aliphatic heterocycles. The number of nitrogens with zero attached hydrogens (tertiary/aromatic N) is 2. The van der Waals surface area contributed by atoms with E-state index in [0.29, 0.717) is 24.3 Å². The fourth-order valence-corrected chi connectivity index (χ4v) is 2.64. The third-order valence-corrected chi connectivity index (χ3v) is 4.33. The second-order valence-electron chi connectivity index (χ2n) is 6.54. The molecular weight excluding hydrogens is 510 g/mol. The summed E-state index contributed by atoms with van der Waals surface area (Å²) in [6.07, 6.45) is 0. The molecule has 16 heteroatoms. The van der Waals surface area contributed by atoms with Crippen LogP contribution in [-0.4, -0.2) is 21.8 Å². The Labute approximate surface area is 193 Å². The summed E-state index contributed by atoms with van der Waals surface area (Å²) in [5, 5.41) is 21.2. The molecule has 3 aromatic rings. The molecule has 0 spiro atoms. The number of hydrogen-bond acceptors (Lipinski definition) is 8. The van der Waals surface area contributed by atoms with Gasteiger partial charge in [-0.05, 0) is 24.3 Å². The number of carbonyl (C=O) groups is 2. The van der Waals surface area contributed by atoms with Gasteiger partial charge in [0, 0.05) is 12.1 Å². The first kappa shape index (κ1) is 25.6. The standard InChI is InChI=1S/C20H6F6N2O8/c21-9-5-7(1-3-11(9)27(31)32)19(29)35-17-13(23)15(25)18(16(26)14(17)24)36-20(30)8-2-4-12(28(33)34)10(22)6-8/h1-6H. The summed E-state index contributed by atoms with van der Waals surface area (Å²) in [4.78, 5) is 43.0. The van der Waals surface area contributed by atoms with E-state index in [1.165, 1.54) is 0 Å². The van der Waals surface area contributed by atoms with Gasteiger partial charge in [-0.2, -0.15) is 26.3 Å². The van der Waals surface area contributed by atoms with Crippen molar-refractivity contribution in [3.8, 4) is 11.5 Å². The van der Waals surface area contributed by atoms with Gasteiger partial charge in [0.2, 0.25) is 46.4 Å². The fourth-order valence-electron chi connectivity index (χ4n) is 2.64. The van der Waals surface area contributed by atoms with Crippen LogP contribution < -0.4 is 9.47 Å². The second-order valence-corrected chi connectivity index (χ2v) is 6.54. The number of rotatable bonds is 6. The topological polar surface area (TPSA) is 139 Å². The number of benzene rings is 3. The van der Waals surface area contributed by atoms with Crippen molar-refractivity contribution in [3.05, 3.63) is 103 Å². The minimum atomic E-state index is -2.37. The molecule has 0 saturated carbocycles. The Kier molecular flexibility index (Phi) is 6.89. The number of halogens is 6. The van der Waals surface area contributed by atoms with E-state index in [2.05, 4.69) is 9.47 Å². The van der Waals surface area contributed by atoms with Gasteiger partial charge in [0.05, 0.1) is 21.0 Å². The predicted molar refractivity (Wildman–Crippen MR) is 102 cm³/mol. The maximum Gasteiger partial charge on any atom is 0.343 e. The Morgan fingerprint density at radius 2 is 0.917 bits per heavy atom. The van der Waals surface area contributed by atoms with Gasteiger partial charge in [0.25, 0.3) is 0 Å². The molecule has 0 fully saturated rings. The van der Waals surface area contributed by atoms with Gasteiger partial charge in [0.15, 0.2) is 0 Å². The third-order valence-electron chi connectivity index (χ3n) is 4.33. The van der Waals surface area contributed by atoms with Crippen molar-refractivity contribution in [2.45, 2.75) is 0 Å². The monoisotopic (exact) mass is 516 g/mol. The molecule has 0 radical (unpaired) electrons. The quantitative estimate of drug-likeness (QED) is 0.114. The maximum absolute atomic E-state index is 14.3. The summed E-state index contributed by atoms with van der Waals surface area (Å²) >= 11 is 0. The predicted octanol–water partition coefficient (Wildman–Crippen LogP) is 4.78. The Bertz CT molecular complexity index is 1330. The molecular formula is C20H6F6N2O8. The van der Waals surface area contributed by atoms with E-state index in [9.17, 15) is 56.2 Å². The van der Waals surface area contributed by atoms with Crippen molar-refractivity contribution in [3.63, 3.8) is 0 Å². The SMILES string of the molecule is O=C(Oc1c(F)c(F)c(OC(=O)c2ccc([N+](=O)[O-])c(F)c2)c(F)c1F)c1ccc([N+](=O)[O-])c(F)c1. The molecule has 0 N–H and O–H groups in total. The van der Waals surface area contributed by atoms with E-state index in [1.807, 2.05) is 0 Å². The molecule has 3 aromatic carbocycles. The highest BCUT2D eigenvalue weighted by atomic mass is 19.2. The van der Waals surface area contributed by atoms with Crippen LogP contribution in [0.4, 0.5) is 37.7 Å². The van der Waals surface area contributed by atoms with Crippen molar-refractivity contribution in [2.75, 3.05) is 0 Å². The molecule has 0 heterocycles. The molecule has 0 unspecified atom stereocenters. The number of carbonyl (C=O) groups excluding carboxylic acids is 2. The zero-order chi connectivity index (χ0) is 26.9. The minimum Gasteiger partial charge on any atom is -0.416 e. The Balaban J connectivity index is 1.91. The van der Waals surface area contributed by atoms with Crippen LogP contribution in [0.25, 0.3) is 0 Å². The molecule has 0 aliphatic carbocycles. The summed E-state index contributed by atoms with van der Waals surface area (Å²) in [7, 11) is 0. The average molecular weight is 516 g/mol. The molecule has 10 nitrogen and oxygen atoms in total. The van der Waals surface area contributed by atoms with Crippen molar-refractivity contribution < 1.29 is 55.3 Å². The molecule has 0 bridgehead atoms. The Morgan fingerprint density at radius 1 is 0.611 bits per heavy atom. The van der Waals surface area contributed by atoms with Crippen LogP contribution in [0.1, 0.15) is 20.7 Å². The number of hydrogen-bond donors (Lipinski definition) is 0. The van der Waals surface area contributed by atoms with Crippen LogP contribution in [-0.2, 0) is 0 Å². The zero-order valence-corrected chi connectivity index (χ0v) is 16.9. The van der Waals surface area contributed by atoms with E-state index < -0.39 is 90.7 Å². The Morgan fingerprint density at radius 3 is 1.17 bits per heavy atom. The van der Waals surface area contributed by atoms with Gasteiger partial charge < -0.3 is 9.47 Å². The fraction of sp³-hybridized carbons (Fsp3) is 0. The molecule has 36 heavy (non-hydrogen) atoms. The van der Waals surface area contributed by atoms with Gasteiger partial charge in [-0.1, -0.05) is 0 Å². The third kappa shape index (κ3) is 4.77. The van der Waals surface area contributed by atoms with Crippen molar-refractivity contribution in [1.29, 1.82) is 0 Å². The smallest absolute Gasteiger partial charge is 0.343 e. The average Bonchev–Trinajstić information content (AvgIpc) is 2.82. The summed E-state index contributed by atoms with van der Waals surface area (Å²) in [6, 6.07) is 2.83. The van der Waals surface area contributed by atoms with Crippen LogP contribution in [0.15, 0.2) is 36.4 Å². The number of nitro groups is 2. The lowest BCUT2D eigenvalue weighted by molar-refractivity contribution is -0.387. The molecule has 0 atom stereocenters. The zero-order valence-electron chi connectivity index (χ0n) is 16.9. The van der Waals surface area contributed by atoms with E-state index in [1.54, 1.807) is 0 Å². The summed E-state index contributed by atoms with van der Waals surface area (Å²) in [5.74, 6) is -20.0. The van der Waals surface area contributed by atoms with Crippen LogP contribution >= 0.6 is 0 Å². The molecule has 0 amide bonds. The lowest BCUT2D eigenvalue weighted by atomic mass is 10.2. The first-order chi connectivity index (χ1) is 16.8. The van der Waals surface area contributed by atoms with Crippen molar-refractivity contribution >= 4 is 23.3 Å². The van der Waals surface area contributed by atoms with Gasteiger partial charge in [0.1, 0.15) is 0 Å². The largest absolute Gasteiger partial charge is 0.416 e. The number of nitro benzene ring substituents is 2. The lowest BCUT2D eigenvalue weighted by Crippen LogP contribution is -2.16. The van der Waals surface area contributed by atoms with E-state index in [4.69, 9.17) is 0 Å². The molecule has 0 aromatic heterocycles. The number of esters is 2. The van der Waals surface area contributed by atoms with Crippen molar-refractivity contribution in [1.82, 2.24) is 0 Å². The normalized spacial score (nSPS) is 10.6. The van der Waals surface area contributed by atoms with E-state index in [-0.39, 0.29) is 12.1 Å². The van der Waals surface area contributed by atoms with Gasteiger partial charge in [-0.3, -0.25) is 20.2 Å². The summed E-state index contributed by atoms with van der Waals surface area (Å²) in [6.45, 7) is 0. The van der Waals surface area contributed by atoms with Crippen LogP contribution in [0, 0.1) is 55.1 Å². The maximum atomic E-state index is 14.3.